The monoisotopic (exact) mass is 971 g/mol. The van der Waals surface area contributed by atoms with E-state index in [9.17, 15) is 14.4 Å². The van der Waals surface area contributed by atoms with Crippen LogP contribution in [0.15, 0.2) is 109 Å². The summed E-state index contributed by atoms with van der Waals surface area (Å²) in [5, 5.41) is 0. The zero-order valence-corrected chi connectivity index (χ0v) is 45.5. The number of carbonyl (C=O) groups excluding carboxylic acids is 3. The second-order valence-electron chi connectivity index (χ2n) is 18.8. The van der Waals surface area contributed by atoms with Gasteiger partial charge in [-0.3, -0.25) is 14.4 Å². The van der Waals surface area contributed by atoms with Crippen molar-refractivity contribution in [2.75, 3.05) is 13.2 Å². The molecule has 0 aromatic heterocycles. The van der Waals surface area contributed by atoms with E-state index >= 15 is 0 Å². The van der Waals surface area contributed by atoms with E-state index in [0.29, 0.717) is 19.3 Å². The molecule has 0 aliphatic heterocycles. The predicted molar refractivity (Wildman–Crippen MR) is 302 cm³/mol. The van der Waals surface area contributed by atoms with Crippen molar-refractivity contribution in [3.05, 3.63) is 109 Å². The molecular weight excluding hydrogens is 865 g/mol. The summed E-state index contributed by atoms with van der Waals surface area (Å²) < 4.78 is 16.7. The maximum absolute atomic E-state index is 12.8. The van der Waals surface area contributed by atoms with Crippen molar-refractivity contribution < 1.29 is 28.6 Å². The fourth-order valence-corrected chi connectivity index (χ4v) is 7.74. The summed E-state index contributed by atoms with van der Waals surface area (Å²) in [7, 11) is 0. The van der Waals surface area contributed by atoms with Crippen LogP contribution in [0.2, 0.25) is 0 Å². The van der Waals surface area contributed by atoms with Gasteiger partial charge in [-0.25, -0.2) is 0 Å². The van der Waals surface area contributed by atoms with Gasteiger partial charge in [-0.15, -0.1) is 0 Å². The van der Waals surface area contributed by atoms with Crippen molar-refractivity contribution in [1.29, 1.82) is 0 Å². The molecule has 0 N–H and O–H groups in total. The molecule has 0 aromatic rings. The van der Waals surface area contributed by atoms with Crippen LogP contribution in [0.5, 0.6) is 0 Å². The predicted octanol–water partition coefficient (Wildman–Crippen LogP) is 19.5. The van der Waals surface area contributed by atoms with Gasteiger partial charge < -0.3 is 14.2 Å². The van der Waals surface area contributed by atoms with E-state index in [1.54, 1.807) is 0 Å². The highest BCUT2D eigenvalue weighted by Crippen LogP contribution is 2.16. The highest BCUT2D eigenvalue weighted by Gasteiger charge is 2.19. The van der Waals surface area contributed by atoms with Gasteiger partial charge in [-0.05, 0) is 103 Å². The SMILES string of the molecule is CC/C=C\C/C=C\C/C=C\C/C=C\CCCCCCCCCCCCCCCCCCC(=O)OCC(COC(=O)CCCCCCC/C=C\CCC)OC(=O)CC/C=C\C/C=C\C/C=C\C/C=C\CC. The van der Waals surface area contributed by atoms with Crippen molar-refractivity contribution in [1.82, 2.24) is 0 Å². The van der Waals surface area contributed by atoms with E-state index in [1.165, 1.54) is 103 Å². The Hall–Kier alpha value is -3.93. The zero-order valence-electron chi connectivity index (χ0n) is 45.5. The third kappa shape index (κ3) is 55.0. The highest BCUT2D eigenvalue weighted by molar-refractivity contribution is 5.71. The van der Waals surface area contributed by atoms with Gasteiger partial charge in [0.05, 0.1) is 0 Å². The lowest BCUT2D eigenvalue weighted by molar-refractivity contribution is -0.166. The summed E-state index contributed by atoms with van der Waals surface area (Å²) in [6.07, 6.45) is 78.4. The lowest BCUT2D eigenvalue weighted by Crippen LogP contribution is -2.30. The Balaban J connectivity index is 4.19. The van der Waals surface area contributed by atoms with E-state index in [0.717, 1.165) is 109 Å². The van der Waals surface area contributed by atoms with Gasteiger partial charge in [-0.1, -0.05) is 246 Å². The number of hydrogen-bond donors (Lipinski definition) is 0. The summed E-state index contributed by atoms with van der Waals surface area (Å²) in [6.45, 7) is 6.28. The number of unbranched alkanes of at least 4 members (excludes halogenated alkanes) is 22. The molecule has 0 aliphatic rings. The fraction of sp³-hybridized carbons (Fsp3) is 0.672. The Morgan fingerprint density at radius 3 is 0.943 bits per heavy atom. The average molecular weight is 972 g/mol. The standard InChI is InChI=1S/C64H106O6/c1-4-7-10-13-16-19-22-24-25-26-27-28-29-30-31-32-33-34-35-36-37-38-39-41-42-45-48-51-54-57-63(66)69-60-61(59-68-62(65)56-53-50-47-44-21-18-15-12-9-6-3)70-64(67)58-55-52-49-46-43-40-23-20-17-14-11-8-5-2/h7-8,10-12,15-17,19-20,24-25,27-28,40,43,49,52,61H,4-6,9,13-14,18,21-23,26,29-39,41-42,44-48,50-51,53-60H2,1-3H3/b10-7-,11-8-,15-12-,19-16-,20-17-,25-24-,28-27-,43-40-,52-49-. The Morgan fingerprint density at radius 2 is 0.586 bits per heavy atom. The zero-order chi connectivity index (χ0) is 50.7. The van der Waals surface area contributed by atoms with Crippen molar-refractivity contribution >= 4 is 17.9 Å². The second-order valence-corrected chi connectivity index (χ2v) is 18.8. The summed E-state index contributed by atoms with van der Waals surface area (Å²) >= 11 is 0. The molecule has 0 fully saturated rings. The van der Waals surface area contributed by atoms with Gasteiger partial charge in [0.25, 0.3) is 0 Å². The first-order valence-corrected chi connectivity index (χ1v) is 28.9. The molecule has 0 bridgehead atoms. The topological polar surface area (TPSA) is 78.9 Å². The van der Waals surface area contributed by atoms with Crippen molar-refractivity contribution in [2.24, 2.45) is 0 Å². The van der Waals surface area contributed by atoms with Crippen LogP contribution >= 0.6 is 0 Å². The van der Waals surface area contributed by atoms with Gasteiger partial charge in [0.1, 0.15) is 13.2 Å². The normalized spacial score (nSPS) is 12.9. The molecule has 0 radical (unpaired) electrons. The van der Waals surface area contributed by atoms with Crippen molar-refractivity contribution in [3.63, 3.8) is 0 Å². The Kier molecular flexibility index (Phi) is 54.4. The Bertz CT molecular complexity index is 1440. The van der Waals surface area contributed by atoms with E-state index in [4.69, 9.17) is 14.2 Å². The van der Waals surface area contributed by atoms with Crippen LogP contribution in [0.1, 0.15) is 258 Å². The minimum Gasteiger partial charge on any atom is -0.462 e. The Labute approximate surface area is 431 Å². The number of rotatable bonds is 51. The van der Waals surface area contributed by atoms with Crippen molar-refractivity contribution in [2.45, 2.75) is 264 Å². The second kappa shape index (κ2) is 57.6. The van der Waals surface area contributed by atoms with Gasteiger partial charge >= 0.3 is 17.9 Å². The molecule has 0 saturated heterocycles. The van der Waals surface area contributed by atoms with E-state index in [2.05, 4.69) is 118 Å². The Morgan fingerprint density at radius 1 is 0.300 bits per heavy atom. The molecule has 0 aliphatic carbocycles. The smallest absolute Gasteiger partial charge is 0.306 e. The molecule has 0 heterocycles. The summed E-state index contributed by atoms with van der Waals surface area (Å²) in [4.78, 5) is 38.0. The first-order valence-electron chi connectivity index (χ1n) is 28.9. The molecule has 0 rings (SSSR count). The first-order chi connectivity index (χ1) is 34.5. The van der Waals surface area contributed by atoms with Gasteiger partial charge in [-0.2, -0.15) is 0 Å². The minimum absolute atomic E-state index is 0.109. The highest BCUT2D eigenvalue weighted by atomic mass is 16.6. The van der Waals surface area contributed by atoms with Crippen LogP contribution in [0, 0.1) is 0 Å². The molecule has 6 nitrogen and oxygen atoms in total. The van der Waals surface area contributed by atoms with Gasteiger partial charge in [0, 0.05) is 19.3 Å². The molecule has 0 saturated carbocycles. The maximum atomic E-state index is 12.8. The molecule has 0 amide bonds. The van der Waals surface area contributed by atoms with Crippen LogP contribution < -0.4 is 0 Å². The number of ether oxygens (including phenoxy) is 3. The third-order valence-electron chi connectivity index (χ3n) is 12.0. The summed E-state index contributed by atoms with van der Waals surface area (Å²) in [5.41, 5.74) is 0. The average Bonchev–Trinajstić information content (AvgIpc) is 3.36. The van der Waals surface area contributed by atoms with Crippen LogP contribution in [0.4, 0.5) is 0 Å². The molecule has 0 aromatic carbocycles. The molecule has 398 valence electrons. The lowest BCUT2D eigenvalue weighted by atomic mass is 10.0. The lowest BCUT2D eigenvalue weighted by Gasteiger charge is -2.18. The largest absolute Gasteiger partial charge is 0.462 e. The quantitative estimate of drug-likeness (QED) is 0.0262. The maximum Gasteiger partial charge on any atom is 0.306 e. The number of hydrogen-bond acceptors (Lipinski definition) is 6. The first kappa shape index (κ1) is 66.1. The van der Waals surface area contributed by atoms with E-state index in [1.807, 2.05) is 12.2 Å². The number of carbonyl (C=O) groups is 3. The number of esters is 3. The summed E-state index contributed by atoms with van der Waals surface area (Å²) in [5.74, 6) is -1.00. The molecule has 6 heteroatoms. The van der Waals surface area contributed by atoms with Gasteiger partial charge in [0.15, 0.2) is 6.10 Å². The molecule has 70 heavy (non-hydrogen) atoms. The number of allylic oxidation sites excluding steroid dienone is 18. The minimum atomic E-state index is -0.818. The van der Waals surface area contributed by atoms with E-state index < -0.39 is 12.1 Å². The molecule has 0 spiro atoms. The van der Waals surface area contributed by atoms with Crippen LogP contribution in [-0.4, -0.2) is 37.2 Å². The van der Waals surface area contributed by atoms with Crippen LogP contribution in [0.3, 0.4) is 0 Å². The summed E-state index contributed by atoms with van der Waals surface area (Å²) in [6, 6.07) is 0. The van der Waals surface area contributed by atoms with Crippen molar-refractivity contribution in [3.8, 4) is 0 Å². The van der Waals surface area contributed by atoms with Crippen LogP contribution in [0.25, 0.3) is 0 Å². The van der Waals surface area contributed by atoms with Crippen LogP contribution in [-0.2, 0) is 28.6 Å². The van der Waals surface area contributed by atoms with E-state index in [-0.39, 0.29) is 31.6 Å². The molecule has 1 unspecified atom stereocenters. The molecule has 1 atom stereocenters. The van der Waals surface area contributed by atoms with Gasteiger partial charge in [0.2, 0.25) is 0 Å². The third-order valence-corrected chi connectivity index (χ3v) is 12.0. The molecular formula is C64H106O6. The fourth-order valence-electron chi connectivity index (χ4n) is 7.74.